The summed E-state index contributed by atoms with van der Waals surface area (Å²) < 4.78 is 33.0. The van der Waals surface area contributed by atoms with E-state index in [-0.39, 0.29) is 16.6 Å². The molecule has 2 rings (SSSR count). The van der Waals surface area contributed by atoms with Crippen LogP contribution in [0.4, 0.5) is 5.69 Å². The number of nitrogens with one attached hydrogen (secondary N) is 1. The van der Waals surface area contributed by atoms with Gasteiger partial charge in [-0.2, -0.15) is 0 Å². The van der Waals surface area contributed by atoms with Gasteiger partial charge in [-0.05, 0) is 30.9 Å². The maximum absolute atomic E-state index is 12.6. The number of benzene rings is 1. The molecule has 2 unspecified atom stereocenters. The first-order valence-electron chi connectivity index (χ1n) is 7.43. The van der Waals surface area contributed by atoms with Crippen molar-refractivity contribution in [1.82, 2.24) is 4.72 Å². The summed E-state index contributed by atoms with van der Waals surface area (Å²) in [6.07, 6.45) is 5.23. The monoisotopic (exact) mass is 312 g/mol. The van der Waals surface area contributed by atoms with Crippen LogP contribution in [0.1, 0.15) is 39.0 Å². The second kappa shape index (κ2) is 6.66. The first kappa shape index (κ1) is 16.1. The average molecular weight is 312 g/mol. The van der Waals surface area contributed by atoms with Gasteiger partial charge in [0.1, 0.15) is 10.6 Å². The zero-order chi connectivity index (χ0) is 15.5. The Morgan fingerprint density at radius 2 is 2.05 bits per heavy atom. The van der Waals surface area contributed by atoms with Gasteiger partial charge in [0, 0.05) is 12.1 Å². The van der Waals surface area contributed by atoms with E-state index in [4.69, 9.17) is 10.5 Å². The first-order chi connectivity index (χ1) is 9.97. The number of hydrogen-bond acceptors (Lipinski definition) is 4. The second-order valence-corrected chi connectivity index (χ2v) is 7.27. The van der Waals surface area contributed by atoms with Crippen LogP contribution >= 0.6 is 0 Å². The highest BCUT2D eigenvalue weighted by atomic mass is 32.2. The predicted molar refractivity (Wildman–Crippen MR) is 83.8 cm³/mol. The van der Waals surface area contributed by atoms with Crippen molar-refractivity contribution < 1.29 is 13.2 Å². The molecule has 0 aliphatic heterocycles. The maximum atomic E-state index is 12.6. The minimum absolute atomic E-state index is 0.00949. The minimum Gasteiger partial charge on any atom is -0.497 e. The summed E-state index contributed by atoms with van der Waals surface area (Å²) in [5.41, 5.74) is 6.07. The third kappa shape index (κ3) is 3.68. The van der Waals surface area contributed by atoms with Gasteiger partial charge in [0.15, 0.2) is 0 Å². The van der Waals surface area contributed by atoms with E-state index < -0.39 is 10.0 Å². The normalized spacial score (nSPS) is 23.0. The van der Waals surface area contributed by atoms with Crippen LogP contribution in [-0.2, 0) is 10.0 Å². The van der Waals surface area contributed by atoms with E-state index in [2.05, 4.69) is 11.6 Å². The van der Waals surface area contributed by atoms with Crippen molar-refractivity contribution in [3.8, 4) is 5.75 Å². The molecule has 21 heavy (non-hydrogen) atoms. The van der Waals surface area contributed by atoms with E-state index in [1.54, 1.807) is 6.07 Å². The molecular weight excluding hydrogens is 288 g/mol. The Kier molecular flexibility index (Phi) is 5.11. The number of sulfonamides is 1. The van der Waals surface area contributed by atoms with E-state index in [1.807, 2.05) is 0 Å². The number of hydrogen-bond donors (Lipinski definition) is 2. The number of ether oxygens (including phenoxy) is 1. The van der Waals surface area contributed by atoms with Crippen molar-refractivity contribution >= 4 is 15.7 Å². The van der Waals surface area contributed by atoms with Crippen LogP contribution in [-0.4, -0.2) is 21.6 Å². The van der Waals surface area contributed by atoms with Gasteiger partial charge in [0.2, 0.25) is 10.0 Å². The van der Waals surface area contributed by atoms with Crippen molar-refractivity contribution in [1.29, 1.82) is 0 Å². The Morgan fingerprint density at radius 3 is 2.67 bits per heavy atom. The smallest absolute Gasteiger partial charge is 0.242 e. The summed E-state index contributed by atoms with van der Waals surface area (Å²) >= 11 is 0. The topological polar surface area (TPSA) is 81.4 Å². The van der Waals surface area contributed by atoms with Crippen LogP contribution < -0.4 is 15.2 Å². The summed E-state index contributed by atoms with van der Waals surface area (Å²) in [7, 11) is -2.07. The number of rotatable bonds is 5. The van der Waals surface area contributed by atoms with Crippen molar-refractivity contribution in [3.05, 3.63) is 18.2 Å². The van der Waals surface area contributed by atoms with E-state index in [0.29, 0.717) is 11.7 Å². The highest BCUT2D eigenvalue weighted by Crippen LogP contribution is 2.29. The molecule has 3 N–H and O–H groups in total. The fraction of sp³-hybridized carbons (Fsp3) is 0.600. The van der Waals surface area contributed by atoms with Crippen molar-refractivity contribution in [2.45, 2.75) is 50.0 Å². The Morgan fingerprint density at radius 1 is 1.33 bits per heavy atom. The quantitative estimate of drug-likeness (QED) is 0.819. The van der Waals surface area contributed by atoms with Crippen molar-refractivity contribution in [3.63, 3.8) is 0 Å². The molecule has 0 saturated heterocycles. The van der Waals surface area contributed by atoms with Gasteiger partial charge in [0.05, 0.1) is 12.8 Å². The average Bonchev–Trinajstić information content (AvgIpc) is 2.47. The largest absolute Gasteiger partial charge is 0.497 e. The number of nitrogens with two attached hydrogens (primary N) is 1. The summed E-state index contributed by atoms with van der Waals surface area (Å²) in [4.78, 5) is 0.128. The van der Waals surface area contributed by atoms with Crippen LogP contribution in [0.3, 0.4) is 0 Å². The summed E-state index contributed by atoms with van der Waals surface area (Å²) in [5.74, 6) is 0.962. The van der Waals surface area contributed by atoms with Gasteiger partial charge in [-0.15, -0.1) is 0 Å². The molecule has 1 saturated carbocycles. The van der Waals surface area contributed by atoms with Gasteiger partial charge >= 0.3 is 0 Å². The van der Waals surface area contributed by atoms with E-state index in [1.165, 1.54) is 25.7 Å². The van der Waals surface area contributed by atoms with Crippen molar-refractivity contribution in [2.75, 3.05) is 12.8 Å². The van der Waals surface area contributed by atoms with Crippen LogP contribution in [0.15, 0.2) is 23.1 Å². The number of nitrogen functional groups attached to an aromatic ring is 1. The molecule has 0 aromatic heterocycles. The van der Waals surface area contributed by atoms with Gasteiger partial charge < -0.3 is 10.5 Å². The molecule has 0 spiro atoms. The van der Waals surface area contributed by atoms with Crippen molar-refractivity contribution in [2.24, 2.45) is 5.92 Å². The summed E-state index contributed by atoms with van der Waals surface area (Å²) in [6, 6.07) is 4.66. The van der Waals surface area contributed by atoms with Crippen LogP contribution in [0.2, 0.25) is 0 Å². The molecule has 1 aliphatic rings. The molecule has 118 valence electrons. The molecule has 1 fully saturated rings. The highest BCUT2D eigenvalue weighted by Gasteiger charge is 2.29. The minimum atomic E-state index is -3.59. The standard InChI is InChI=1S/C15H24N2O3S/c1-3-11-6-4-5-7-14(11)17-21(18,19)15-9-8-12(20-2)10-13(15)16/h8-11,14,17H,3-7,16H2,1-2H3. The summed E-state index contributed by atoms with van der Waals surface area (Å²) in [5, 5.41) is 0. The predicted octanol–water partition coefficient (Wildman–Crippen LogP) is 2.52. The van der Waals surface area contributed by atoms with Crippen LogP contribution in [0, 0.1) is 5.92 Å². The molecule has 6 heteroatoms. The Hall–Kier alpha value is -1.27. The molecule has 1 aliphatic carbocycles. The van der Waals surface area contributed by atoms with E-state index in [0.717, 1.165) is 25.7 Å². The Bertz CT molecular complexity index is 587. The molecule has 0 radical (unpaired) electrons. The first-order valence-corrected chi connectivity index (χ1v) is 8.92. The molecule has 0 amide bonds. The molecule has 5 nitrogen and oxygen atoms in total. The Balaban J connectivity index is 2.21. The van der Waals surface area contributed by atoms with E-state index >= 15 is 0 Å². The Labute approximate surface area is 126 Å². The molecule has 1 aromatic carbocycles. The molecule has 0 heterocycles. The second-order valence-electron chi connectivity index (χ2n) is 5.58. The lowest BCUT2D eigenvalue weighted by Gasteiger charge is -2.31. The third-order valence-electron chi connectivity index (χ3n) is 4.25. The van der Waals surface area contributed by atoms with Crippen LogP contribution in [0.25, 0.3) is 0 Å². The number of methoxy groups -OCH3 is 1. The fourth-order valence-corrected chi connectivity index (χ4v) is 4.46. The third-order valence-corrected chi connectivity index (χ3v) is 5.81. The zero-order valence-electron chi connectivity index (χ0n) is 12.6. The lowest BCUT2D eigenvalue weighted by molar-refractivity contribution is 0.282. The lowest BCUT2D eigenvalue weighted by Crippen LogP contribution is -2.42. The molecule has 1 aromatic rings. The van der Waals surface area contributed by atoms with E-state index in [9.17, 15) is 8.42 Å². The fourth-order valence-electron chi connectivity index (χ4n) is 3.01. The van der Waals surface area contributed by atoms with Gasteiger partial charge in [-0.3, -0.25) is 0 Å². The van der Waals surface area contributed by atoms with Gasteiger partial charge in [-0.1, -0.05) is 26.2 Å². The number of anilines is 1. The highest BCUT2D eigenvalue weighted by molar-refractivity contribution is 7.89. The van der Waals surface area contributed by atoms with Crippen LogP contribution in [0.5, 0.6) is 5.75 Å². The van der Waals surface area contributed by atoms with Gasteiger partial charge in [-0.25, -0.2) is 13.1 Å². The maximum Gasteiger partial charge on any atom is 0.242 e. The molecule has 0 bridgehead atoms. The molecule has 2 atom stereocenters. The summed E-state index contributed by atoms with van der Waals surface area (Å²) in [6.45, 7) is 2.11. The SMILES string of the molecule is CCC1CCCCC1NS(=O)(=O)c1ccc(OC)cc1N. The molecular formula is C15H24N2O3S. The van der Waals surface area contributed by atoms with Gasteiger partial charge in [0.25, 0.3) is 0 Å². The zero-order valence-corrected chi connectivity index (χ0v) is 13.4. The lowest BCUT2D eigenvalue weighted by atomic mass is 9.83.